The minimum absolute atomic E-state index is 0.0727. The van der Waals surface area contributed by atoms with Crippen molar-refractivity contribution < 1.29 is 9.53 Å². The number of rotatable bonds is 8. The predicted octanol–water partition coefficient (Wildman–Crippen LogP) is 3.39. The van der Waals surface area contributed by atoms with E-state index in [1.54, 1.807) is 24.2 Å². The van der Waals surface area contributed by atoms with Crippen LogP contribution in [-0.2, 0) is 6.54 Å². The molecule has 2 aromatic heterocycles. The molecule has 9 heteroatoms. The number of nitrogens with zero attached hydrogens (tertiary/aromatic N) is 7. The van der Waals surface area contributed by atoms with Crippen molar-refractivity contribution in [3.8, 4) is 22.7 Å². The average molecular weight is 446 g/mol. The third-order valence-corrected chi connectivity index (χ3v) is 5.53. The van der Waals surface area contributed by atoms with Crippen LogP contribution in [0, 0.1) is 6.92 Å². The van der Waals surface area contributed by atoms with Crippen LogP contribution >= 0.6 is 0 Å². The quantitative estimate of drug-likeness (QED) is 0.413. The van der Waals surface area contributed by atoms with E-state index in [2.05, 4.69) is 20.5 Å². The first kappa shape index (κ1) is 22.2. The summed E-state index contributed by atoms with van der Waals surface area (Å²) in [6, 6.07) is 13.3. The Morgan fingerprint density at radius 1 is 1.12 bits per heavy atom. The summed E-state index contributed by atoms with van der Waals surface area (Å²) in [6.45, 7) is 7.02. The molecule has 4 rings (SSSR count). The highest BCUT2D eigenvalue weighted by Crippen LogP contribution is 2.21. The van der Waals surface area contributed by atoms with Crippen LogP contribution in [0.3, 0.4) is 0 Å². The lowest BCUT2D eigenvalue weighted by molar-refractivity contribution is 0.0684. The fourth-order valence-electron chi connectivity index (χ4n) is 3.80. The maximum atomic E-state index is 13.6. The second kappa shape index (κ2) is 9.64. The SMILES string of the molecule is CCN(C(=O)c1cc(C)ccc1-n1nccn1)[C@@H](C)Cn1cc(-c2ccc(OC)cc2)nn1. The first-order valence-corrected chi connectivity index (χ1v) is 10.8. The van der Waals surface area contributed by atoms with Crippen LogP contribution in [0.4, 0.5) is 0 Å². The van der Waals surface area contributed by atoms with E-state index in [0.29, 0.717) is 24.3 Å². The van der Waals surface area contributed by atoms with Crippen LogP contribution in [-0.4, -0.2) is 60.5 Å². The summed E-state index contributed by atoms with van der Waals surface area (Å²) in [5.41, 5.74) is 3.94. The normalized spacial score (nSPS) is 11.9. The van der Waals surface area contributed by atoms with E-state index in [1.807, 2.05) is 74.3 Å². The molecule has 170 valence electrons. The van der Waals surface area contributed by atoms with Gasteiger partial charge in [0.1, 0.15) is 11.4 Å². The van der Waals surface area contributed by atoms with E-state index in [1.165, 1.54) is 4.80 Å². The lowest BCUT2D eigenvalue weighted by Crippen LogP contribution is -2.41. The van der Waals surface area contributed by atoms with Crippen molar-refractivity contribution in [2.24, 2.45) is 0 Å². The highest BCUT2D eigenvalue weighted by atomic mass is 16.5. The van der Waals surface area contributed by atoms with Gasteiger partial charge in [-0.2, -0.15) is 15.0 Å². The molecule has 1 atom stereocenters. The smallest absolute Gasteiger partial charge is 0.256 e. The van der Waals surface area contributed by atoms with Crippen LogP contribution in [0.2, 0.25) is 0 Å². The van der Waals surface area contributed by atoms with E-state index in [-0.39, 0.29) is 11.9 Å². The van der Waals surface area contributed by atoms with Crippen molar-refractivity contribution in [2.75, 3.05) is 13.7 Å². The molecule has 0 bridgehead atoms. The number of amides is 1. The van der Waals surface area contributed by atoms with Crippen molar-refractivity contribution >= 4 is 5.91 Å². The van der Waals surface area contributed by atoms with Gasteiger partial charge in [-0.05, 0) is 57.2 Å². The number of aryl methyl sites for hydroxylation is 1. The Morgan fingerprint density at radius 3 is 2.52 bits per heavy atom. The van der Waals surface area contributed by atoms with E-state index in [0.717, 1.165) is 22.6 Å². The Morgan fingerprint density at radius 2 is 1.85 bits per heavy atom. The molecule has 0 saturated heterocycles. The minimum atomic E-state index is -0.105. The molecule has 9 nitrogen and oxygen atoms in total. The molecule has 0 N–H and O–H groups in total. The third kappa shape index (κ3) is 4.77. The number of benzene rings is 2. The van der Waals surface area contributed by atoms with Crippen molar-refractivity contribution in [2.45, 2.75) is 33.4 Å². The molecule has 1 amide bonds. The first-order valence-electron chi connectivity index (χ1n) is 10.8. The zero-order valence-electron chi connectivity index (χ0n) is 19.2. The van der Waals surface area contributed by atoms with E-state index in [9.17, 15) is 4.79 Å². The van der Waals surface area contributed by atoms with Gasteiger partial charge in [-0.1, -0.05) is 16.8 Å². The van der Waals surface area contributed by atoms with Crippen LogP contribution in [0.5, 0.6) is 5.75 Å². The van der Waals surface area contributed by atoms with Gasteiger partial charge in [-0.15, -0.1) is 5.10 Å². The van der Waals surface area contributed by atoms with Gasteiger partial charge in [0.15, 0.2) is 0 Å². The number of carbonyl (C=O) groups is 1. The Balaban J connectivity index is 1.53. The molecule has 0 saturated carbocycles. The molecule has 2 aromatic carbocycles. The fourth-order valence-corrected chi connectivity index (χ4v) is 3.80. The number of ether oxygens (including phenoxy) is 1. The summed E-state index contributed by atoms with van der Waals surface area (Å²) in [5, 5.41) is 17.0. The van der Waals surface area contributed by atoms with Gasteiger partial charge < -0.3 is 9.64 Å². The van der Waals surface area contributed by atoms with Gasteiger partial charge >= 0.3 is 0 Å². The topological polar surface area (TPSA) is 91.0 Å². The van der Waals surface area contributed by atoms with E-state index in [4.69, 9.17) is 4.74 Å². The average Bonchev–Trinajstić information content (AvgIpc) is 3.52. The van der Waals surface area contributed by atoms with E-state index < -0.39 is 0 Å². The lowest BCUT2D eigenvalue weighted by Gasteiger charge is -2.28. The first-order chi connectivity index (χ1) is 16.0. The summed E-state index contributed by atoms with van der Waals surface area (Å²) in [5.74, 6) is 0.717. The molecule has 0 aliphatic carbocycles. The number of hydrogen-bond acceptors (Lipinski definition) is 6. The largest absolute Gasteiger partial charge is 0.497 e. The summed E-state index contributed by atoms with van der Waals surface area (Å²) in [7, 11) is 1.64. The standard InChI is InChI=1S/C24H27N7O2/c1-5-30(24(32)21-14-17(2)6-11-23(21)31-25-12-13-26-31)18(3)15-29-16-22(27-28-29)19-7-9-20(33-4)10-8-19/h6-14,16,18H,5,15H2,1-4H3/t18-/m0/s1. The van der Waals surface area contributed by atoms with Gasteiger partial charge in [0.05, 0.1) is 43.5 Å². The summed E-state index contributed by atoms with van der Waals surface area (Å²) in [4.78, 5) is 16.9. The number of likely N-dealkylation sites (N-methyl/N-ethyl adjacent to an activating group) is 1. The van der Waals surface area contributed by atoms with Gasteiger partial charge in [0, 0.05) is 18.2 Å². The van der Waals surface area contributed by atoms with Gasteiger partial charge in [-0.3, -0.25) is 4.79 Å². The molecule has 33 heavy (non-hydrogen) atoms. The molecule has 4 aromatic rings. The Bertz CT molecular complexity index is 1220. The van der Waals surface area contributed by atoms with E-state index >= 15 is 0 Å². The maximum Gasteiger partial charge on any atom is 0.256 e. The summed E-state index contributed by atoms with van der Waals surface area (Å²) < 4.78 is 6.98. The zero-order chi connectivity index (χ0) is 23.4. The molecule has 0 aliphatic rings. The third-order valence-electron chi connectivity index (χ3n) is 5.53. The maximum absolute atomic E-state index is 13.6. The number of aromatic nitrogens is 6. The zero-order valence-corrected chi connectivity index (χ0v) is 19.2. The van der Waals surface area contributed by atoms with Gasteiger partial charge in [0.2, 0.25) is 0 Å². The highest BCUT2D eigenvalue weighted by molar-refractivity contribution is 5.98. The Kier molecular flexibility index (Phi) is 6.48. The Labute approximate surface area is 192 Å². The summed E-state index contributed by atoms with van der Waals surface area (Å²) in [6.07, 6.45) is 5.08. The van der Waals surface area contributed by atoms with Gasteiger partial charge in [0.25, 0.3) is 5.91 Å². The predicted molar refractivity (Wildman–Crippen MR) is 124 cm³/mol. The molecule has 0 unspecified atom stereocenters. The number of methoxy groups -OCH3 is 1. The molecule has 0 radical (unpaired) electrons. The van der Waals surface area contributed by atoms with Gasteiger partial charge in [-0.25, -0.2) is 4.68 Å². The van der Waals surface area contributed by atoms with Crippen molar-refractivity contribution in [3.05, 3.63) is 72.2 Å². The molecular weight excluding hydrogens is 418 g/mol. The molecule has 0 fully saturated rings. The number of carbonyl (C=O) groups excluding carboxylic acids is 1. The van der Waals surface area contributed by atoms with Crippen LogP contribution in [0.25, 0.3) is 16.9 Å². The van der Waals surface area contributed by atoms with Crippen LogP contribution < -0.4 is 4.74 Å². The molecular formula is C24H27N7O2. The number of hydrogen-bond donors (Lipinski definition) is 0. The monoisotopic (exact) mass is 445 g/mol. The summed E-state index contributed by atoms with van der Waals surface area (Å²) >= 11 is 0. The van der Waals surface area contributed by atoms with Crippen molar-refractivity contribution in [1.82, 2.24) is 34.9 Å². The Hall–Kier alpha value is -4.01. The fraction of sp³-hybridized carbons (Fsp3) is 0.292. The molecule has 2 heterocycles. The second-order valence-corrected chi connectivity index (χ2v) is 7.83. The second-order valence-electron chi connectivity index (χ2n) is 7.83. The lowest BCUT2D eigenvalue weighted by atomic mass is 10.1. The van der Waals surface area contributed by atoms with Crippen LogP contribution in [0.15, 0.2) is 61.1 Å². The van der Waals surface area contributed by atoms with Crippen molar-refractivity contribution in [1.29, 1.82) is 0 Å². The van der Waals surface area contributed by atoms with Crippen LogP contribution in [0.1, 0.15) is 29.8 Å². The minimum Gasteiger partial charge on any atom is -0.497 e. The molecule has 0 spiro atoms. The van der Waals surface area contributed by atoms with Crippen molar-refractivity contribution in [3.63, 3.8) is 0 Å². The highest BCUT2D eigenvalue weighted by Gasteiger charge is 2.24. The molecule has 0 aliphatic heterocycles.